The molecule has 180 valence electrons. The van der Waals surface area contributed by atoms with Crippen molar-refractivity contribution in [3.63, 3.8) is 0 Å². The van der Waals surface area contributed by atoms with E-state index in [1.54, 1.807) is 10.9 Å². The van der Waals surface area contributed by atoms with E-state index in [1.165, 1.54) is 0 Å². The Hall–Kier alpha value is -2.07. The minimum atomic E-state index is -1.15. The first-order valence-corrected chi connectivity index (χ1v) is 15.2. The van der Waals surface area contributed by atoms with Crippen LogP contribution in [0.4, 0.5) is 0 Å². The van der Waals surface area contributed by atoms with Crippen LogP contribution in [0.25, 0.3) is 23.8 Å². The van der Waals surface area contributed by atoms with Crippen molar-refractivity contribution < 1.29 is 14.0 Å². The Balaban J connectivity index is 1.98. The molecule has 0 unspecified atom stereocenters. The number of hydrogen-bond donors (Lipinski definition) is 1. The highest BCUT2D eigenvalue weighted by atomic mass is 28.3. The van der Waals surface area contributed by atoms with Crippen LogP contribution >= 0.6 is 0 Å². The molecule has 7 nitrogen and oxygen atoms in total. The highest BCUT2D eigenvalue weighted by Gasteiger charge is 2.52. The van der Waals surface area contributed by atoms with E-state index in [0.717, 1.165) is 39.8 Å². The number of hydrogen-bond acceptors (Lipinski definition) is 5. The topological polar surface area (TPSA) is 76.5 Å². The van der Waals surface area contributed by atoms with Crippen LogP contribution in [0.1, 0.15) is 27.7 Å². The van der Waals surface area contributed by atoms with Crippen LogP contribution in [0.5, 0.6) is 0 Å². The van der Waals surface area contributed by atoms with E-state index in [-0.39, 0.29) is 0 Å². The van der Waals surface area contributed by atoms with Gasteiger partial charge in [-0.25, -0.2) is 0 Å². The molecule has 3 heterocycles. The summed E-state index contributed by atoms with van der Waals surface area (Å²) in [6.45, 7) is 20.7. The summed E-state index contributed by atoms with van der Waals surface area (Å²) in [7, 11) is 0.203. The van der Waals surface area contributed by atoms with Crippen molar-refractivity contribution in [2.45, 2.75) is 71.3 Å². The van der Waals surface area contributed by atoms with E-state index in [4.69, 9.17) is 19.8 Å². The number of allylic oxidation sites excluding steroid dienone is 1. The molecule has 9 heteroatoms. The molecule has 2 N–H and O–H groups in total. The fraction of sp³-hybridized carbons (Fsp3) is 0.542. The SMILES string of the molecule is C=c1/c(=C\C(=C/N)B2OC(C)(C)C(C)(C)O2)c(-c2cnn(C)c2)cn1COCC[Si](C)(C)C. The Kier molecular flexibility index (Phi) is 7.19. The van der Waals surface area contributed by atoms with Crippen molar-refractivity contribution >= 4 is 27.8 Å². The van der Waals surface area contributed by atoms with E-state index in [2.05, 4.69) is 37.5 Å². The molecular weight excluding hydrogens is 431 g/mol. The maximum Gasteiger partial charge on any atom is 0.496 e. The first-order valence-electron chi connectivity index (χ1n) is 11.5. The molecule has 0 saturated carbocycles. The summed E-state index contributed by atoms with van der Waals surface area (Å²) in [5.74, 6) is 0. The zero-order chi connectivity index (χ0) is 24.6. The molecule has 0 radical (unpaired) electrons. The summed E-state index contributed by atoms with van der Waals surface area (Å²) in [6.07, 6.45) is 9.46. The lowest BCUT2D eigenvalue weighted by Gasteiger charge is -2.32. The lowest BCUT2D eigenvalue weighted by atomic mass is 9.78. The van der Waals surface area contributed by atoms with Gasteiger partial charge in [0.05, 0.1) is 17.4 Å². The lowest BCUT2D eigenvalue weighted by molar-refractivity contribution is 0.00578. The first-order chi connectivity index (χ1) is 15.2. The average molecular weight is 470 g/mol. The van der Waals surface area contributed by atoms with Crippen molar-refractivity contribution in [1.82, 2.24) is 14.3 Å². The molecule has 2 aromatic rings. The van der Waals surface area contributed by atoms with Crippen molar-refractivity contribution in [1.29, 1.82) is 0 Å². The summed E-state index contributed by atoms with van der Waals surface area (Å²) in [4.78, 5) is 0. The molecule has 0 amide bonds. The van der Waals surface area contributed by atoms with Gasteiger partial charge in [-0.2, -0.15) is 5.10 Å². The highest BCUT2D eigenvalue weighted by Crippen LogP contribution is 2.38. The molecule has 0 atom stereocenters. The van der Waals surface area contributed by atoms with Crippen molar-refractivity contribution in [3.8, 4) is 11.1 Å². The average Bonchev–Trinajstić information content (AvgIpc) is 3.31. The van der Waals surface area contributed by atoms with Gasteiger partial charge in [0.1, 0.15) is 6.73 Å². The van der Waals surface area contributed by atoms with Gasteiger partial charge in [0.15, 0.2) is 0 Å². The Morgan fingerprint density at radius 2 is 1.85 bits per heavy atom. The third-order valence-corrected chi connectivity index (χ3v) is 8.21. The van der Waals surface area contributed by atoms with Gasteiger partial charge in [-0.05, 0) is 45.4 Å². The van der Waals surface area contributed by atoms with E-state index < -0.39 is 26.4 Å². The molecule has 2 aromatic heterocycles. The summed E-state index contributed by atoms with van der Waals surface area (Å²) in [6, 6.07) is 1.12. The zero-order valence-electron chi connectivity index (χ0n) is 21.4. The number of ether oxygens (including phenoxy) is 1. The summed E-state index contributed by atoms with van der Waals surface area (Å²) < 4.78 is 22.3. The van der Waals surface area contributed by atoms with E-state index in [0.29, 0.717) is 6.73 Å². The fourth-order valence-corrected chi connectivity index (χ4v) is 4.32. The Bertz CT molecular complexity index is 1110. The number of aromatic nitrogens is 3. The van der Waals surface area contributed by atoms with Gasteiger partial charge in [0.25, 0.3) is 0 Å². The molecule has 0 aliphatic carbocycles. The molecular formula is C24H39BN4O3Si. The van der Waals surface area contributed by atoms with Crippen LogP contribution in [-0.4, -0.2) is 47.3 Å². The van der Waals surface area contributed by atoms with Gasteiger partial charge in [-0.15, -0.1) is 0 Å². The minimum absolute atomic E-state index is 0.447. The lowest BCUT2D eigenvalue weighted by Crippen LogP contribution is -2.41. The number of nitrogens with two attached hydrogens (primary N) is 1. The van der Waals surface area contributed by atoms with Gasteiger partial charge < -0.3 is 24.3 Å². The highest BCUT2D eigenvalue weighted by molar-refractivity contribution is 6.76. The van der Waals surface area contributed by atoms with Crippen LogP contribution in [-0.2, 0) is 27.8 Å². The monoisotopic (exact) mass is 470 g/mol. The third kappa shape index (κ3) is 5.71. The van der Waals surface area contributed by atoms with Crippen LogP contribution in [0, 0.1) is 0 Å². The minimum Gasteiger partial charge on any atom is -0.405 e. The van der Waals surface area contributed by atoms with Gasteiger partial charge in [-0.3, -0.25) is 4.68 Å². The summed E-state index contributed by atoms with van der Waals surface area (Å²) in [5.41, 5.74) is 7.91. The van der Waals surface area contributed by atoms with Crippen LogP contribution in [0.2, 0.25) is 25.7 Å². The fourth-order valence-electron chi connectivity index (χ4n) is 3.56. The van der Waals surface area contributed by atoms with Crippen molar-refractivity contribution in [3.05, 3.63) is 40.8 Å². The van der Waals surface area contributed by atoms with Crippen molar-refractivity contribution in [2.24, 2.45) is 12.8 Å². The summed E-state index contributed by atoms with van der Waals surface area (Å²) in [5, 5.41) is 6.14. The number of nitrogens with zero attached hydrogens (tertiary/aromatic N) is 3. The maximum atomic E-state index is 6.23. The Labute approximate surface area is 199 Å². The smallest absolute Gasteiger partial charge is 0.405 e. The van der Waals surface area contributed by atoms with Crippen molar-refractivity contribution in [2.75, 3.05) is 6.61 Å². The second-order valence-electron chi connectivity index (χ2n) is 11.0. The van der Waals surface area contributed by atoms with Gasteiger partial charge >= 0.3 is 7.12 Å². The Morgan fingerprint density at radius 3 is 2.36 bits per heavy atom. The van der Waals surface area contributed by atoms with E-state index in [1.807, 2.05) is 57.8 Å². The zero-order valence-corrected chi connectivity index (χ0v) is 22.4. The summed E-state index contributed by atoms with van der Waals surface area (Å²) >= 11 is 0. The van der Waals surface area contributed by atoms with E-state index in [9.17, 15) is 0 Å². The van der Waals surface area contributed by atoms with E-state index >= 15 is 0 Å². The largest absolute Gasteiger partial charge is 0.496 e. The molecule has 0 aromatic carbocycles. The van der Waals surface area contributed by atoms with Gasteiger partial charge in [0, 0.05) is 55.8 Å². The molecule has 1 saturated heterocycles. The van der Waals surface area contributed by atoms with Gasteiger partial charge in [-0.1, -0.05) is 32.3 Å². The normalized spacial score (nSPS) is 19.0. The predicted octanol–water partition coefficient (Wildman–Crippen LogP) is 2.87. The molecule has 1 fully saturated rings. The quantitative estimate of drug-likeness (QED) is 0.474. The molecule has 3 rings (SSSR count). The molecule has 1 aliphatic heterocycles. The van der Waals surface area contributed by atoms with Crippen LogP contribution < -0.4 is 16.3 Å². The van der Waals surface area contributed by atoms with Crippen LogP contribution in [0.15, 0.2) is 30.3 Å². The molecule has 1 aliphatic rings. The number of rotatable bonds is 8. The standard InChI is InChI=1S/C24H39BN4O3Si/c1-18-21(12-20(13-26)25-31-23(2,3)24(4,5)32-25)22(19-14-27-28(6)15-19)16-29(18)17-30-10-11-33(7,8)9/h12-16H,1,10-11,17,26H2,2-9H3/b20-13+,21-12+. The second kappa shape index (κ2) is 9.29. The predicted molar refractivity (Wildman–Crippen MR) is 138 cm³/mol. The maximum absolute atomic E-state index is 6.23. The Morgan fingerprint density at radius 1 is 1.21 bits per heavy atom. The first kappa shape index (κ1) is 25.6. The molecule has 0 bridgehead atoms. The molecule has 0 spiro atoms. The second-order valence-corrected chi connectivity index (χ2v) is 16.6. The molecule has 33 heavy (non-hydrogen) atoms. The van der Waals surface area contributed by atoms with Gasteiger partial charge in [0.2, 0.25) is 0 Å². The van der Waals surface area contributed by atoms with Crippen LogP contribution in [0.3, 0.4) is 0 Å². The number of aryl methyl sites for hydroxylation is 1. The third-order valence-electron chi connectivity index (χ3n) is 6.50.